The van der Waals surface area contributed by atoms with Crippen molar-refractivity contribution in [2.45, 2.75) is 39.2 Å². The topological polar surface area (TPSA) is 85.6 Å². The maximum absolute atomic E-state index is 10.8. The lowest BCUT2D eigenvalue weighted by Gasteiger charge is -2.16. The molecule has 0 aromatic heterocycles. The summed E-state index contributed by atoms with van der Waals surface area (Å²) in [6.07, 6.45) is 3.12. The van der Waals surface area contributed by atoms with Crippen LogP contribution in [-0.4, -0.2) is 31.3 Å². The minimum atomic E-state index is -0.432. The lowest BCUT2D eigenvalue weighted by atomic mass is 10.1. The van der Waals surface area contributed by atoms with Crippen LogP contribution in [0.25, 0.3) is 0 Å². The van der Waals surface area contributed by atoms with E-state index in [1.54, 1.807) is 6.26 Å². The Bertz CT molecular complexity index is 284. The summed E-state index contributed by atoms with van der Waals surface area (Å²) >= 11 is 0. The molecule has 0 saturated carbocycles. The predicted octanol–water partition coefficient (Wildman–Crippen LogP) is 1.15. The van der Waals surface area contributed by atoms with Crippen molar-refractivity contribution in [2.75, 3.05) is 13.2 Å². The monoisotopic (exact) mass is 243 g/mol. The van der Waals surface area contributed by atoms with Crippen molar-refractivity contribution in [1.29, 1.82) is 5.26 Å². The number of esters is 2. The van der Waals surface area contributed by atoms with Crippen LogP contribution in [0.15, 0.2) is 0 Å². The Morgan fingerprint density at radius 2 is 1.94 bits per heavy atom. The summed E-state index contributed by atoms with van der Waals surface area (Å²) in [7, 11) is 0. The molecule has 0 heterocycles. The molecule has 1 atom stereocenters. The molecule has 1 unspecified atom stereocenters. The predicted molar refractivity (Wildman–Crippen MR) is 57.6 cm³/mol. The molecule has 0 aliphatic carbocycles. The lowest BCUT2D eigenvalue weighted by Crippen LogP contribution is -2.23. The van der Waals surface area contributed by atoms with Crippen LogP contribution in [0.2, 0.25) is 0 Å². The third-order valence-electron chi connectivity index (χ3n) is 1.89. The Morgan fingerprint density at radius 3 is 2.47 bits per heavy atom. The van der Waals surface area contributed by atoms with E-state index >= 15 is 0 Å². The summed E-state index contributed by atoms with van der Waals surface area (Å²) in [5.41, 5.74) is 0. The molecule has 0 rings (SSSR count). The van der Waals surface area contributed by atoms with E-state index in [0.717, 1.165) is 6.42 Å². The molecule has 6 nitrogen and oxygen atoms in total. The molecule has 0 spiro atoms. The number of nitrogens with zero attached hydrogens (tertiary/aromatic N) is 1. The quantitative estimate of drug-likeness (QED) is 0.361. The van der Waals surface area contributed by atoms with Crippen LogP contribution < -0.4 is 0 Å². The van der Waals surface area contributed by atoms with Crippen molar-refractivity contribution in [1.82, 2.24) is 0 Å². The van der Waals surface area contributed by atoms with Crippen LogP contribution >= 0.6 is 0 Å². The summed E-state index contributed by atoms with van der Waals surface area (Å²) < 4.78 is 14.3. The first-order valence-corrected chi connectivity index (χ1v) is 5.37. The number of hydrogen-bond acceptors (Lipinski definition) is 6. The highest BCUT2D eigenvalue weighted by molar-refractivity contribution is 5.67. The van der Waals surface area contributed by atoms with Gasteiger partial charge in [0.05, 0.1) is 0 Å². The van der Waals surface area contributed by atoms with Crippen molar-refractivity contribution in [3.8, 4) is 6.26 Å². The molecule has 96 valence electrons. The normalized spacial score (nSPS) is 11.1. The zero-order valence-electron chi connectivity index (χ0n) is 10.1. The third kappa shape index (κ3) is 10.5. The number of carbonyl (C=O) groups excluding carboxylic acids is 2. The number of hydrogen-bond donors (Lipinski definition) is 0. The van der Waals surface area contributed by atoms with Crippen LogP contribution in [-0.2, 0) is 23.8 Å². The molecule has 0 radical (unpaired) electrons. The van der Waals surface area contributed by atoms with Crippen LogP contribution in [0.4, 0.5) is 0 Å². The fourth-order valence-electron chi connectivity index (χ4n) is 1.21. The van der Waals surface area contributed by atoms with Crippen molar-refractivity contribution in [3.63, 3.8) is 0 Å². The molecule has 0 aliphatic rings. The zero-order chi connectivity index (χ0) is 13.1. The SMILES string of the molecule is CC(=O)OCC(CCCCOC#N)OC(C)=O. The van der Waals surface area contributed by atoms with E-state index in [0.29, 0.717) is 19.4 Å². The van der Waals surface area contributed by atoms with Gasteiger partial charge in [0.1, 0.15) is 19.3 Å². The molecule has 0 aliphatic heterocycles. The Hall–Kier alpha value is -1.77. The van der Waals surface area contributed by atoms with Crippen LogP contribution in [0.1, 0.15) is 33.1 Å². The van der Waals surface area contributed by atoms with E-state index in [1.165, 1.54) is 13.8 Å². The van der Waals surface area contributed by atoms with Gasteiger partial charge in [-0.15, -0.1) is 0 Å². The third-order valence-corrected chi connectivity index (χ3v) is 1.89. The zero-order valence-corrected chi connectivity index (χ0v) is 10.1. The highest BCUT2D eigenvalue weighted by Gasteiger charge is 2.13. The van der Waals surface area contributed by atoms with Crippen molar-refractivity contribution >= 4 is 11.9 Å². The van der Waals surface area contributed by atoms with E-state index in [-0.39, 0.29) is 6.61 Å². The Labute approximate surface area is 100 Å². The smallest absolute Gasteiger partial charge is 0.303 e. The van der Waals surface area contributed by atoms with Gasteiger partial charge in [-0.05, 0) is 19.3 Å². The summed E-state index contributed by atoms with van der Waals surface area (Å²) in [5.74, 6) is -0.814. The van der Waals surface area contributed by atoms with Gasteiger partial charge in [0.2, 0.25) is 0 Å². The van der Waals surface area contributed by atoms with E-state index in [4.69, 9.17) is 14.7 Å². The van der Waals surface area contributed by atoms with Gasteiger partial charge in [-0.1, -0.05) is 0 Å². The molecule has 0 fully saturated rings. The minimum Gasteiger partial charge on any atom is -0.462 e. The molecular weight excluding hydrogens is 226 g/mol. The molecule has 0 saturated heterocycles. The van der Waals surface area contributed by atoms with Gasteiger partial charge >= 0.3 is 11.9 Å². The average molecular weight is 243 g/mol. The van der Waals surface area contributed by atoms with Crippen LogP contribution in [0, 0.1) is 11.5 Å². The van der Waals surface area contributed by atoms with E-state index in [2.05, 4.69) is 4.74 Å². The van der Waals surface area contributed by atoms with Gasteiger partial charge in [-0.2, -0.15) is 5.26 Å². The fraction of sp³-hybridized carbons (Fsp3) is 0.727. The van der Waals surface area contributed by atoms with Gasteiger partial charge < -0.3 is 14.2 Å². The highest BCUT2D eigenvalue weighted by Crippen LogP contribution is 2.06. The molecule has 0 aromatic rings. The summed E-state index contributed by atoms with van der Waals surface area (Å²) in [4.78, 5) is 21.4. The second kappa shape index (κ2) is 9.46. The van der Waals surface area contributed by atoms with Gasteiger partial charge in [0.15, 0.2) is 0 Å². The second-order valence-corrected chi connectivity index (χ2v) is 3.47. The number of carbonyl (C=O) groups is 2. The Balaban J connectivity index is 3.81. The van der Waals surface area contributed by atoms with Gasteiger partial charge in [0.25, 0.3) is 6.26 Å². The first-order chi connectivity index (χ1) is 8.06. The van der Waals surface area contributed by atoms with Gasteiger partial charge in [-0.25, -0.2) is 0 Å². The summed E-state index contributed by atoms with van der Waals surface area (Å²) in [6, 6.07) is 0. The van der Waals surface area contributed by atoms with Gasteiger partial charge in [0, 0.05) is 13.8 Å². The maximum Gasteiger partial charge on any atom is 0.303 e. The van der Waals surface area contributed by atoms with E-state index < -0.39 is 18.0 Å². The number of unbranched alkanes of at least 4 members (excludes halogenated alkanes) is 1. The first kappa shape index (κ1) is 15.2. The first-order valence-electron chi connectivity index (χ1n) is 5.37. The van der Waals surface area contributed by atoms with Crippen molar-refractivity contribution < 1.29 is 23.8 Å². The fourth-order valence-corrected chi connectivity index (χ4v) is 1.21. The minimum absolute atomic E-state index is 0.0635. The molecule has 17 heavy (non-hydrogen) atoms. The van der Waals surface area contributed by atoms with E-state index in [9.17, 15) is 9.59 Å². The van der Waals surface area contributed by atoms with Crippen LogP contribution in [0.5, 0.6) is 0 Å². The number of ether oxygens (including phenoxy) is 3. The second-order valence-electron chi connectivity index (χ2n) is 3.47. The molecule has 0 aromatic carbocycles. The molecule has 0 bridgehead atoms. The van der Waals surface area contributed by atoms with E-state index in [1.807, 2.05) is 0 Å². The molecule has 0 amide bonds. The Kier molecular flexibility index (Phi) is 8.47. The van der Waals surface area contributed by atoms with Crippen LogP contribution in [0.3, 0.4) is 0 Å². The lowest BCUT2D eigenvalue weighted by molar-refractivity contribution is -0.156. The summed E-state index contributed by atoms with van der Waals surface area (Å²) in [6.45, 7) is 3.01. The molecular formula is C11H17NO5. The number of nitriles is 1. The van der Waals surface area contributed by atoms with Crippen molar-refractivity contribution in [3.05, 3.63) is 0 Å². The standard InChI is InChI=1S/C11H17NO5/c1-9(13)16-7-11(17-10(2)14)5-3-4-6-15-8-12/h11H,3-7H2,1-2H3. The largest absolute Gasteiger partial charge is 0.462 e. The maximum atomic E-state index is 10.8. The highest BCUT2D eigenvalue weighted by atomic mass is 16.6. The Morgan fingerprint density at radius 1 is 1.24 bits per heavy atom. The average Bonchev–Trinajstić information content (AvgIpc) is 2.24. The van der Waals surface area contributed by atoms with Gasteiger partial charge in [-0.3, -0.25) is 9.59 Å². The van der Waals surface area contributed by atoms with Crippen molar-refractivity contribution in [2.24, 2.45) is 0 Å². The summed E-state index contributed by atoms with van der Waals surface area (Å²) in [5, 5.41) is 8.14. The molecule has 6 heteroatoms. The molecule has 0 N–H and O–H groups in total. The number of rotatable bonds is 8.